The van der Waals surface area contributed by atoms with E-state index in [-0.39, 0.29) is 16.9 Å². The lowest BCUT2D eigenvalue weighted by atomic mass is 10.1. The Balaban J connectivity index is 1.63. The summed E-state index contributed by atoms with van der Waals surface area (Å²) in [4.78, 5) is 17.4. The number of fused-ring (bicyclic) bond motifs is 2. The van der Waals surface area contributed by atoms with Crippen LogP contribution in [-0.2, 0) is 6.18 Å². The maximum atomic E-state index is 13.8. The highest BCUT2D eigenvalue weighted by atomic mass is 19.4. The number of halogens is 3. The van der Waals surface area contributed by atoms with Crippen LogP contribution in [0.2, 0.25) is 0 Å². The number of hydrogen-bond acceptors (Lipinski definition) is 3. The Hall–Kier alpha value is -4.20. The Bertz CT molecular complexity index is 1450. The zero-order valence-electron chi connectivity index (χ0n) is 16.5. The molecule has 8 heteroatoms. The van der Waals surface area contributed by atoms with Crippen LogP contribution in [0.3, 0.4) is 0 Å². The van der Waals surface area contributed by atoms with Gasteiger partial charge >= 0.3 is 6.18 Å². The Labute approximate surface area is 180 Å². The lowest BCUT2D eigenvalue weighted by molar-refractivity contribution is -0.142. The van der Waals surface area contributed by atoms with E-state index in [0.717, 1.165) is 23.0 Å². The molecule has 5 rings (SSSR count). The van der Waals surface area contributed by atoms with Crippen molar-refractivity contribution in [2.24, 2.45) is 0 Å². The average Bonchev–Trinajstić information content (AvgIpc) is 3.23. The number of carbonyl (C=O) groups is 1. The summed E-state index contributed by atoms with van der Waals surface area (Å²) in [6, 6.07) is 22.3. The number of nitrogens with zero attached hydrogens (tertiary/aromatic N) is 3. The highest BCUT2D eigenvalue weighted by Gasteiger charge is 2.36. The van der Waals surface area contributed by atoms with Crippen molar-refractivity contribution in [3.05, 3.63) is 96.3 Å². The zero-order chi connectivity index (χ0) is 22.3. The molecule has 0 aliphatic rings. The lowest BCUT2D eigenvalue weighted by Gasteiger charge is -2.12. The molecule has 0 aliphatic heterocycles. The quantitative estimate of drug-likeness (QED) is 0.391. The summed E-state index contributed by atoms with van der Waals surface area (Å²) in [5.74, 6) is -0.595. The third-order valence-corrected chi connectivity index (χ3v) is 5.11. The van der Waals surface area contributed by atoms with E-state index in [1.807, 2.05) is 30.3 Å². The average molecular weight is 432 g/mol. The van der Waals surface area contributed by atoms with E-state index in [9.17, 15) is 18.0 Å². The highest BCUT2D eigenvalue weighted by Crippen LogP contribution is 2.33. The first-order valence-corrected chi connectivity index (χ1v) is 9.72. The fraction of sp³-hybridized carbons (Fsp3) is 0.0417. The van der Waals surface area contributed by atoms with E-state index in [4.69, 9.17) is 0 Å². The molecule has 0 aliphatic carbocycles. The number of aromatic nitrogens is 3. The number of benzene rings is 3. The molecule has 0 bridgehead atoms. The number of amides is 1. The maximum absolute atomic E-state index is 13.8. The van der Waals surface area contributed by atoms with Gasteiger partial charge in [-0.2, -0.15) is 18.3 Å². The summed E-state index contributed by atoms with van der Waals surface area (Å²) in [6.45, 7) is 0. The normalized spacial score (nSPS) is 11.7. The van der Waals surface area contributed by atoms with Gasteiger partial charge in [0.2, 0.25) is 0 Å². The van der Waals surface area contributed by atoms with E-state index in [0.29, 0.717) is 15.8 Å². The third-order valence-electron chi connectivity index (χ3n) is 5.11. The molecule has 0 radical (unpaired) electrons. The molecular formula is C24H15F3N4O. The van der Waals surface area contributed by atoms with E-state index in [1.165, 1.54) is 0 Å². The van der Waals surface area contributed by atoms with Crippen molar-refractivity contribution in [1.29, 1.82) is 0 Å². The number of carbonyl (C=O) groups excluding carboxylic acids is 1. The van der Waals surface area contributed by atoms with Gasteiger partial charge in [-0.1, -0.05) is 66.7 Å². The molecule has 1 amide bonds. The van der Waals surface area contributed by atoms with Crippen LogP contribution < -0.4 is 5.32 Å². The van der Waals surface area contributed by atoms with Gasteiger partial charge in [-0.05, 0) is 17.5 Å². The lowest BCUT2D eigenvalue weighted by Crippen LogP contribution is -2.16. The van der Waals surface area contributed by atoms with Crippen LogP contribution in [0.15, 0.2) is 85.1 Å². The van der Waals surface area contributed by atoms with Gasteiger partial charge in [-0.3, -0.25) is 4.79 Å². The Morgan fingerprint density at radius 1 is 0.906 bits per heavy atom. The van der Waals surface area contributed by atoms with Gasteiger partial charge in [0.25, 0.3) is 5.91 Å². The van der Waals surface area contributed by atoms with Gasteiger partial charge in [0, 0.05) is 16.6 Å². The summed E-state index contributed by atoms with van der Waals surface area (Å²) in [7, 11) is 0. The second-order valence-electron chi connectivity index (χ2n) is 7.16. The van der Waals surface area contributed by atoms with Crippen molar-refractivity contribution in [1.82, 2.24) is 14.6 Å². The van der Waals surface area contributed by atoms with Crippen LogP contribution in [0.25, 0.3) is 27.7 Å². The monoisotopic (exact) mass is 432 g/mol. The molecule has 158 valence electrons. The molecule has 0 fully saturated rings. The van der Waals surface area contributed by atoms with Crippen molar-refractivity contribution < 1.29 is 18.0 Å². The van der Waals surface area contributed by atoms with Gasteiger partial charge in [0.05, 0.1) is 11.9 Å². The minimum atomic E-state index is -4.68. The Morgan fingerprint density at radius 2 is 1.62 bits per heavy atom. The molecule has 32 heavy (non-hydrogen) atoms. The fourth-order valence-corrected chi connectivity index (χ4v) is 3.61. The predicted molar refractivity (Wildman–Crippen MR) is 115 cm³/mol. The van der Waals surface area contributed by atoms with Crippen LogP contribution in [0.5, 0.6) is 0 Å². The molecule has 0 saturated carbocycles. The minimum Gasteiger partial charge on any atom is -0.321 e. The highest BCUT2D eigenvalue weighted by molar-refractivity contribution is 6.11. The van der Waals surface area contributed by atoms with Crippen molar-refractivity contribution in [3.63, 3.8) is 0 Å². The predicted octanol–water partition coefficient (Wildman–Crippen LogP) is 5.82. The third kappa shape index (κ3) is 3.45. The molecule has 0 saturated heterocycles. The first kappa shape index (κ1) is 19.7. The molecule has 0 unspecified atom stereocenters. The summed E-state index contributed by atoms with van der Waals surface area (Å²) >= 11 is 0. The standard InChI is InChI=1S/C24H15F3N4O/c25-24(26,27)21-13-20(16-8-2-1-3-9-16)29-22-18(14-28-31(21)22)23(32)30-19-12-6-10-15-7-4-5-11-17(15)19/h1-14H,(H,30,32). The summed E-state index contributed by atoms with van der Waals surface area (Å²) in [6.07, 6.45) is -3.58. The topological polar surface area (TPSA) is 59.3 Å². The molecule has 0 spiro atoms. The van der Waals surface area contributed by atoms with Crippen LogP contribution in [-0.4, -0.2) is 20.5 Å². The minimum absolute atomic E-state index is 0.0544. The van der Waals surface area contributed by atoms with Crippen molar-refractivity contribution in [3.8, 4) is 11.3 Å². The van der Waals surface area contributed by atoms with E-state index >= 15 is 0 Å². The van der Waals surface area contributed by atoms with Crippen molar-refractivity contribution in [2.75, 3.05) is 5.32 Å². The molecule has 2 aromatic heterocycles. The number of rotatable bonds is 3. The molecule has 1 N–H and O–H groups in total. The van der Waals surface area contributed by atoms with Gasteiger partial charge in [-0.15, -0.1) is 0 Å². The number of anilines is 1. The van der Waals surface area contributed by atoms with Crippen molar-refractivity contribution >= 4 is 28.0 Å². The Morgan fingerprint density at radius 3 is 2.41 bits per heavy atom. The maximum Gasteiger partial charge on any atom is 0.433 e. The number of nitrogens with one attached hydrogen (secondary N) is 1. The fourth-order valence-electron chi connectivity index (χ4n) is 3.61. The van der Waals surface area contributed by atoms with Crippen LogP contribution >= 0.6 is 0 Å². The van der Waals surface area contributed by atoms with Crippen LogP contribution in [0.4, 0.5) is 18.9 Å². The first-order chi connectivity index (χ1) is 15.4. The van der Waals surface area contributed by atoms with Gasteiger partial charge in [-0.25, -0.2) is 9.50 Å². The SMILES string of the molecule is O=C(Nc1cccc2ccccc12)c1cnn2c(C(F)(F)F)cc(-c3ccccc3)nc12. The zero-order valence-corrected chi connectivity index (χ0v) is 16.5. The summed E-state index contributed by atoms with van der Waals surface area (Å²) < 4.78 is 41.9. The van der Waals surface area contributed by atoms with Gasteiger partial charge in [0.15, 0.2) is 11.3 Å². The van der Waals surface area contributed by atoms with Gasteiger partial charge in [0.1, 0.15) is 5.56 Å². The van der Waals surface area contributed by atoms with E-state index in [2.05, 4.69) is 15.4 Å². The Kier molecular flexibility index (Phi) is 4.62. The van der Waals surface area contributed by atoms with Crippen molar-refractivity contribution in [2.45, 2.75) is 6.18 Å². The molecular weight excluding hydrogens is 417 g/mol. The largest absolute Gasteiger partial charge is 0.433 e. The smallest absolute Gasteiger partial charge is 0.321 e. The first-order valence-electron chi connectivity index (χ1n) is 9.72. The summed E-state index contributed by atoms with van der Waals surface area (Å²) in [5, 5.41) is 8.34. The number of alkyl halides is 3. The molecule has 5 aromatic rings. The number of hydrogen-bond donors (Lipinski definition) is 1. The summed E-state index contributed by atoms with van der Waals surface area (Å²) in [5.41, 5.74) is -0.0850. The van der Waals surface area contributed by atoms with Crippen LogP contribution in [0.1, 0.15) is 16.1 Å². The second-order valence-corrected chi connectivity index (χ2v) is 7.16. The molecule has 2 heterocycles. The molecule has 3 aromatic carbocycles. The molecule has 0 atom stereocenters. The second kappa shape index (κ2) is 7.49. The van der Waals surface area contributed by atoms with E-state index in [1.54, 1.807) is 42.5 Å². The van der Waals surface area contributed by atoms with E-state index < -0.39 is 17.8 Å². The van der Waals surface area contributed by atoms with Crippen LogP contribution in [0, 0.1) is 0 Å². The van der Waals surface area contributed by atoms with Gasteiger partial charge < -0.3 is 5.32 Å². The molecule has 5 nitrogen and oxygen atoms in total.